The first-order chi connectivity index (χ1) is 8.10. The number of carbonyl (C=O) groups is 2. The minimum Gasteiger partial charge on any atom is -0.465 e. The summed E-state index contributed by atoms with van der Waals surface area (Å²) in [6.07, 6.45) is -0.617. The van der Waals surface area contributed by atoms with Crippen LogP contribution in [0.4, 0.5) is 0 Å². The number of aliphatic hydroxyl groups excluding tert-OH is 1. The Morgan fingerprint density at radius 2 is 1.76 bits per heavy atom. The molecule has 1 N–H and O–H groups in total. The Morgan fingerprint density at radius 3 is 2.24 bits per heavy atom. The molecule has 0 amide bonds. The Labute approximate surface area is 99.0 Å². The molecule has 17 heavy (non-hydrogen) atoms. The van der Waals surface area contributed by atoms with Crippen LogP contribution in [0.3, 0.4) is 0 Å². The van der Waals surface area contributed by atoms with Gasteiger partial charge in [0.15, 0.2) is 0 Å². The van der Waals surface area contributed by atoms with Gasteiger partial charge in [0.1, 0.15) is 6.10 Å². The highest BCUT2D eigenvalue weighted by Crippen LogP contribution is 2.12. The Balaban J connectivity index is 2.97. The second-order valence-corrected chi connectivity index (χ2v) is 3.44. The molecule has 1 atom stereocenters. The smallest absolute Gasteiger partial charge is 0.339 e. The lowest BCUT2D eigenvalue weighted by molar-refractivity contribution is 0.0192. The lowest BCUT2D eigenvalue weighted by Gasteiger charge is -2.11. The Hall–Kier alpha value is -1.88. The number of methoxy groups -OCH3 is 1. The van der Waals surface area contributed by atoms with E-state index in [1.807, 2.05) is 0 Å². The summed E-state index contributed by atoms with van der Waals surface area (Å²) in [4.78, 5) is 23.1. The Kier molecular flexibility index (Phi) is 4.66. The van der Waals surface area contributed by atoms with E-state index in [1.165, 1.54) is 19.2 Å². The highest BCUT2D eigenvalue weighted by Gasteiger charge is 2.19. The highest BCUT2D eigenvalue weighted by molar-refractivity contribution is 6.03. The zero-order valence-electron chi connectivity index (χ0n) is 9.67. The van der Waals surface area contributed by atoms with Gasteiger partial charge < -0.3 is 14.6 Å². The molecular weight excluding hydrogens is 224 g/mol. The first-order valence-electron chi connectivity index (χ1n) is 5.09. The molecule has 0 heterocycles. The van der Waals surface area contributed by atoms with Gasteiger partial charge in [0.25, 0.3) is 0 Å². The third kappa shape index (κ3) is 3.29. The standard InChI is InChI=1S/C12H14O5/c1-8(7-13)17-12(15)10-6-4-3-5-9(10)11(14)16-2/h3-6,8,13H,7H2,1-2H3. The van der Waals surface area contributed by atoms with Crippen LogP contribution in [-0.2, 0) is 9.47 Å². The van der Waals surface area contributed by atoms with Crippen LogP contribution >= 0.6 is 0 Å². The molecule has 0 spiro atoms. The fourth-order valence-electron chi connectivity index (χ4n) is 1.23. The molecule has 0 radical (unpaired) electrons. The quantitative estimate of drug-likeness (QED) is 0.792. The second-order valence-electron chi connectivity index (χ2n) is 3.44. The van der Waals surface area contributed by atoms with Crippen molar-refractivity contribution >= 4 is 11.9 Å². The predicted molar refractivity (Wildman–Crippen MR) is 59.7 cm³/mol. The van der Waals surface area contributed by atoms with Gasteiger partial charge >= 0.3 is 11.9 Å². The fourth-order valence-corrected chi connectivity index (χ4v) is 1.23. The number of rotatable bonds is 4. The summed E-state index contributed by atoms with van der Waals surface area (Å²) in [7, 11) is 1.24. The monoisotopic (exact) mass is 238 g/mol. The molecule has 0 bridgehead atoms. The number of ether oxygens (including phenoxy) is 2. The van der Waals surface area contributed by atoms with Gasteiger partial charge in [-0.1, -0.05) is 12.1 Å². The molecule has 0 saturated carbocycles. The molecule has 0 saturated heterocycles. The first-order valence-corrected chi connectivity index (χ1v) is 5.09. The lowest BCUT2D eigenvalue weighted by Crippen LogP contribution is -2.20. The molecular formula is C12H14O5. The maximum Gasteiger partial charge on any atom is 0.339 e. The summed E-state index contributed by atoms with van der Waals surface area (Å²) in [5.74, 6) is -1.26. The molecule has 0 aliphatic carbocycles. The van der Waals surface area contributed by atoms with Crippen molar-refractivity contribution in [2.75, 3.05) is 13.7 Å². The molecule has 0 aromatic heterocycles. The van der Waals surface area contributed by atoms with E-state index in [-0.39, 0.29) is 17.7 Å². The minimum absolute atomic E-state index is 0.125. The molecule has 1 unspecified atom stereocenters. The summed E-state index contributed by atoms with van der Waals surface area (Å²) in [6, 6.07) is 6.19. The molecule has 1 aromatic rings. The third-order valence-electron chi connectivity index (χ3n) is 2.12. The molecule has 0 aliphatic heterocycles. The Bertz CT molecular complexity index is 413. The van der Waals surface area contributed by atoms with Crippen molar-refractivity contribution in [3.63, 3.8) is 0 Å². The van der Waals surface area contributed by atoms with Crippen LogP contribution in [-0.4, -0.2) is 36.9 Å². The van der Waals surface area contributed by atoms with Crippen LogP contribution in [0.25, 0.3) is 0 Å². The van der Waals surface area contributed by atoms with Gasteiger partial charge in [0, 0.05) is 0 Å². The predicted octanol–water partition coefficient (Wildman–Crippen LogP) is 1.01. The van der Waals surface area contributed by atoms with E-state index in [2.05, 4.69) is 4.74 Å². The van der Waals surface area contributed by atoms with E-state index in [0.717, 1.165) is 0 Å². The van der Waals surface area contributed by atoms with E-state index in [4.69, 9.17) is 9.84 Å². The summed E-state index contributed by atoms with van der Waals surface area (Å²) >= 11 is 0. The molecule has 92 valence electrons. The van der Waals surface area contributed by atoms with Crippen molar-refractivity contribution < 1.29 is 24.2 Å². The van der Waals surface area contributed by atoms with Crippen molar-refractivity contribution in [3.8, 4) is 0 Å². The highest BCUT2D eigenvalue weighted by atomic mass is 16.6. The van der Waals surface area contributed by atoms with E-state index in [0.29, 0.717) is 0 Å². The van der Waals surface area contributed by atoms with Crippen LogP contribution < -0.4 is 0 Å². The van der Waals surface area contributed by atoms with E-state index >= 15 is 0 Å². The van der Waals surface area contributed by atoms with Gasteiger partial charge in [-0.3, -0.25) is 0 Å². The summed E-state index contributed by atoms with van der Waals surface area (Å²) < 4.78 is 9.49. The third-order valence-corrected chi connectivity index (χ3v) is 2.12. The second kappa shape index (κ2) is 6.00. The molecule has 0 fully saturated rings. The largest absolute Gasteiger partial charge is 0.465 e. The first kappa shape index (κ1) is 13.2. The molecule has 0 aliphatic rings. The van der Waals surface area contributed by atoms with Crippen LogP contribution in [0.1, 0.15) is 27.6 Å². The molecule has 5 heteroatoms. The summed E-state index contributed by atoms with van der Waals surface area (Å²) in [5, 5.41) is 8.79. The van der Waals surface area contributed by atoms with Crippen LogP contribution in [0.15, 0.2) is 24.3 Å². The van der Waals surface area contributed by atoms with Gasteiger partial charge in [-0.2, -0.15) is 0 Å². The normalized spacial score (nSPS) is 11.7. The van der Waals surface area contributed by atoms with Crippen LogP contribution in [0.5, 0.6) is 0 Å². The minimum atomic E-state index is -0.660. The SMILES string of the molecule is COC(=O)c1ccccc1C(=O)OC(C)CO. The molecule has 5 nitrogen and oxygen atoms in total. The van der Waals surface area contributed by atoms with E-state index in [9.17, 15) is 9.59 Å². The number of benzene rings is 1. The number of carbonyl (C=O) groups excluding carboxylic acids is 2. The van der Waals surface area contributed by atoms with Crippen molar-refractivity contribution in [1.82, 2.24) is 0 Å². The van der Waals surface area contributed by atoms with Crippen LogP contribution in [0.2, 0.25) is 0 Å². The number of esters is 2. The van der Waals surface area contributed by atoms with Crippen molar-refractivity contribution in [1.29, 1.82) is 0 Å². The average Bonchev–Trinajstić information content (AvgIpc) is 2.37. The van der Waals surface area contributed by atoms with Gasteiger partial charge in [-0.05, 0) is 19.1 Å². The molecule has 1 rings (SSSR count). The van der Waals surface area contributed by atoms with Gasteiger partial charge in [0.05, 0.1) is 24.8 Å². The van der Waals surface area contributed by atoms with Crippen molar-refractivity contribution in [2.45, 2.75) is 13.0 Å². The average molecular weight is 238 g/mol. The van der Waals surface area contributed by atoms with Crippen molar-refractivity contribution in [3.05, 3.63) is 35.4 Å². The summed E-state index contributed by atoms with van der Waals surface area (Å²) in [5.41, 5.74) is 0.268. The number of aliphatic hydroxyl groups is 1. The maximum absolute atomic E-state index is 11.7. The van der Waals surface area contributed by atoms with Crippen molar-refractivity contribution in [2.24, 2.45) is 0 Å². The van der Waals surface area contributed by atoms with E-state index < -0.39 is 18.0 Å². The zero-order valence-corrected chi connectivity index (χ0v) is 9.67. The molecule has 1 aromatic carbocycles. The topological polar surface area (TPSA) is 72.8 Å². The van der Waals surface area contributed by atoms with Gasteiger partial charge in [-0.15, -0.1) is 0 Å². The van der Waals surface area contributed by atoms with Gasteiger partial charge in [-0.25, -0.2) is 9.59 Å². The lowest BCUT2D eigenvalue weighted by atomic mass is 10.1. The number of hydrogen-bond acceptors (Lipinski definition) is 5. The Morgan fingerprint density at radius 1 is 1.24 bits per heavy atom. The summed E-state index contributed by atoms with van der Waals surface area (Å²) in [6.45, 7) is 1.28. The maximum atomic E-state index is 11.7. The fraction of sp³-hybridized carbons (Fsp3) is 0.333. The van der Waals surface area contributed by atoms with Crippen LogP contribution in [0, 0.1) is 0 Å². The van der Waals surface area contributed by atoms with Gasteiger partial charge in [0.2, 0.25) is 0 Å². The zero-order chi connectivity index (χ0) is 12.8. The number of hydrogen-bond donors (Lipinski definition) is 1. The van der Waals surface area contributed by atoms with E-state index in [1.54, 1.807) is 19.1 Å².